The first kappa shape index (κ1) is 25.0. The zero-order valence-electron chi connectivity index (χ0n) is 21.8. The lowest BCUT2D eigenvalue weighted by atomic mass is 9.93. The van der Waals surface area contributed by atoms with Crippen molar-refractivity contribution >= 4 is 5.97 Å². The monoisotopic (exact) mass is 494 g/mol. The molecule has 190 valence electrons. The number of aromatic nitrogens is 1. The molecule has 1 saturated carbocycles. The Bertz CT molecular complexity index is 1340. The van der Waals surface area contributed by atoms with E-state index in [2.05, 4.69) is 90.2 Å². The van der Waals surface area contributed by atoms with E-state index >= 15 is 0 Å². The second kappa shape index (κ2) is 10.7. The summed E-state index contributed by atoms with van der Waals surface area (Å²) in [7, 11) is 0. The molecule has 1 heterocycles. The maximum Gasteiger partial charge on any atom is 0.316 e. The molecule has 1 atom stereocenters. The van der Waals surface area contributed by atoms with Crippen LogP contribution in [0.2, 0.25) is 0 Å². The van der Waals surface area contributed by atoms with Crippen LogP contribution in [0.25, 0.3) is 22.5 Å². The Morgan fingerprint density at radius 3 is 2.22 bits per heavy atom. The molecule has 4 aromatic rings. The topological polar surface area (TPSA) is 64.4 Å². The maximum absolute atomic E-state index is 12.4. The molecule has 37 heavy (non-hydrogen) atoms. The molecule has 0 aliphatic heterocycles. The van der Waals surface area contributed by atoms with Crippen molar-refractivity contribution in [3.63, 3.8) is 0 Å². The van der Waals surface area contributed by atoms with Crippen LogP contribution in [0.15, 0.2) is 83.4 Å². The molecule has 1 N–H and O–H groups in total. The molecule has 0 spiro atoms. The Hall–Kier alpha value is -3.70. The Kier molecular flexibility index (Phi) is 7.24. The molecule has 5 heteroatoms. The van der Waals surface area contributed by atoms with E-state index in [1.54, 1.807) is 0 Å². The Morgan fingerprint density at radius 1 is 0.973 bits per heavy atom. The third-order valence-corrected chi connectivity index (χ3v) is 7.44. The number of ether oxygens (including phenoxy) is 1. The summed E-state index contributed by atoms with van der Waals surface area (Å²) in [6, 6.07) is 27.2. The van der Waals surface area contributed by atoms with Crippen molar-refractivity contribution in [2.45, 2.75) is 51.5 Å². The number of benzene rings is 3. The number of esters is 1. The number of rotatable bonds is 10. The summed E-state index contributed by atoms with van der Waals surface area (Å²) in [5.74, 6) is 1.13. The van der Waals surface area contributed by atoms with Gasteiger partial charge in [-0.2, -0.15) is 0 Å². The van der Waals surface area contributed by atoms with Crippen molar-refractivity contribution in [3.8, 4) is 22.5 Å². The molecule has 3 aromatic carbocycles. The fourth-order valence-corrected chi connectivity index (χ4v) is 4.94. The summed E-state index contributed by atoms with van der Waals surface area (Å²) in [5.41, 5.74) is 7.16. The molecule has 1 fully saturated rings. The molecule has 0 saturated heterocycles. The minimum Gasteiger partial charge on any atom is -0.465 e. The average molecular weight is 495 g/mol. The van der Waals surface area contributed by atoms with Crippen molar-refractivity contribution < 1.29 is 14.1 Å². The normalized spacial score (nSPS) is 14.8. The first-order valence-corrected chi connectivity index (χ1v) is 13.1. The Labute approximate surface area is 218 Å². The summed E-state index contributed by atoms with van der Waals surface area (Å²) in [6.45, 7) is 8.07. The van der Waals surface area contributed by atoms with Crippen LogP contribution >= 0.6 is 0 Å². The molecule has 0 unspecified atom stereocenters. The van der Waals surface area contributed by atoms with E-state index in [0.29, 0.717) is 19.1 Å². The molecule has 0 radical (unpaired) electrons. The van der Waals surface area contributed by atoms with Crippen molar-refractivity contribution in [1.29, 1.82) is 0 Å². The molecule has 5 nitrogen and oxygen atoms in total. The van der Waals surface area contributed by atoms with Crippen molar-refractivity contribution in [3.05, 3.63) is 101 Å². The van der Waals surface area contributed by atoms with Crippen LogP contribution in [0.5, 0.6) is 0 Å². The zero-order valence-corrected chi connectivity index (χ0v) is 21.8. The largest absolute Gasteiger partial charge is 0.465 e. The lowest BCUT2D eigenvalue weighted by molar-refractivity contribution is -0.146. The first-order chi connectivity index (χ1) is 18.0. The number of hydrogen-bond donors (Lipinski definition) is 1. The number of carbonyl (C=O) groups is 1. The fourth-order valence-electron chi connectivity index (χ4n) is 4.94. The smallest absolute Gasteiger partial charge is 0.316 e. The summed E-state index contributed by atoms with van der Waals surface area (Å²) < 4.78 is 11.0. The van der Waals surface area contributed by atoms with E-state index in [9.17, 15) is 4.79 Å². The predicted molar refractivity (Wildman–Crippen MR) is 146 cm³/mol. The van der Waals surface area contributed by atoms with Gasteiger partial charge in [-0.25, -0.2) is 0 Å². The van der Waals surface area contributed by atoms with E-state index in [-0.39, 0.29) is 5.97 Å². The van der Waals surface area contributed by atoms with Crippen LogP contribution in [0.1, 0.15) is 55.0 Å². The van der Waals surface area contributed by atoms with E-state index in [0.717, 1.165) is 58.7 Å². The molecule has 0 amide bonds. The van der Waals surface area contributed by atoms with Gasteiger partial charge in [-0.1, -0.05) is 90.9 Å². The van der Waals surface area contributed by atoms with Gasteiger partial charge in [0.2, 0.25) is 0 Å². The zero-order chi connectivity index (χ0) is 25.8. The molecule has 1 aromatic heterocycles. The van der Waals surface area contributed by atoms with Crippen LogP contribution in [-0.4, -0.2) is 24.3 Å². The highest BCUT2D eigenvalue weighted by Gasteiger charge is 2.52. The van der Waals surface area contributed by atoms with Gasteiger partial charge in [0.15, 0.2) is 5.76 Å². The number of aryl methyl sites for hydroxylation is 1. The van der Waals surface area contributed by atoms with E-state index < -0.39 is 5.41 Å². The van der Waals surface area contributed by atoms with Crippen LogP contribution in [-0.2, 0) is 21.5 Å². The van der Waals surface area contributed by atoms with Gasteiger partial charge in [-0.3, -0.25) is 4.79 Å². The van der Waals surface area contributed by atoms with Crippen LogP contribution in [0, 0.1) is 6.92 Å². The van der Waals surface area contributed by atoms with Crippen molar-refractivity contribution in [1.82, 2.24) is 10.5 Å². The molecule has 1 aliphatic carbocycles. The second-order valence-corrected chi connectivity index (χ2v) is 9.98. The highest BCUT2D eigenvalue weighted by Crippen LogP contribution is 2.49. The third-order valence-electron chi connectivity index (χ3n) is 7.44. The molecule has 5 rings (SSSR count). The fraction of sp³-hybridized carbons (Fsp3) is 0.312. The van der Waals surface area contributed by atoms with E-state index in [4.69, 9.17) is 9.26 Å². The second-order valence-electron chi connectivity index (χ2n) is 9.98. The Morgan fingerprint density at radius 2 is 1.59 bits per heavy atom. The molecule has 1 aliphatic rings. The summed E-state index contributed by atoms with van der Waals surface area (Å²) in [5, 5.41) is 7.82. The Balaban J connectivity index is 1.26. The highest BCUT2D eigenvalue weighted by molar-refractivity contribution is 5.87. The minimum atomic E-state index is -0.439. The molecular formula is C32H34N2O3. The van der Waals surface area contributed by atoms with Gasteiger partial charge >= 0.3 is 5.97 Å². The van der Waals surface area contributed by atoms with Crippen molar-refractivity contribution in [2.24, 2.45) is 0 Å². The van der Waals surface area contributed by atoms with Gasteiger partial charge < -0.3 is 14.6 Å². The highest BCUT2D eigenvalue weighted by atomic mass is 16.5. The summed E-state index contributed by atoms with van der Waals surface area (Å²) >= 11 is 0. The number of hydrogen-bond acceptors (Lipinski definition) is 5. The molecule has 0 bridgehead atoms. The maximum atomic E-state index is 12.4. The number of nitrogens with zero attached hydrogens (tertiary/aromatic N) is 1. The van der Waals surface area contributed by atoms with E-state index in [1.807, 2.05) is 19.9 Å². The van der Waals surface area contributed by atoms with Gasteiger partial charge in [-0.05, 0) is 54.9 Å². The van der Waals surface area contributed by atoms with Gasteiger partial charge in [-0.15, -0.1) is 0 Å². The SMILES string of the molecule is CCOC(=O)C1(c2ccc(-c3ccc(-c4onc(C)c4CNC[C@H](C)c4ccccc4)cc3)cc2)CC1. The molecular weight excluding hydrogens is 460 g/mol. The summed E-state index contributed by atoms with van der Waals surface area (Å²) in [4.78, 5) is 12.4. The van der Waals surface area contributed by atoms with E-state index in [1.165, 1.54) is 5.56 Å². The van der Waals surface area contributed by atoms with Gasteiger partial charge in [0, 0.05) is 24.2 Å². The lowest BCUT2D eigenvalue weighted by Gasteiger charge is -2.15. The lowest BCUT2D eigenvalue weighted by Crippen LogP contribution is -2.23. The average Bonchev–Trinajstić information content (AvgIpc) is 3.68. The predicted octanol–water partition coefficient (Wildman–Crippen LogP) is 6.81. The van der Waals surface area contributed by atoms with Gasteiger partial charge in [0.25, 0.3) is 0 Å². The van der Waals surface area contributed by atoms with Crippen LogP contribution < -0.4 is 5.32 Å². The van der Waals surface area contributed by atoms with Crippen molar-refractivity contribution in [2.75, 3.05) is 13.2 Å². The van der Waals surface area contributed by atoms with Gasteiger partial charge in [0.1, 0.15) is 0 Å². The van der Waals surface area contributed by atoms with Gasteiger partial charge in [0.05, 0.1) is 17.7 Å². The minimum absolute atomic E-state index is 0.103. The summed E-state index contributed by atoms with van der Waals surface area (Å²) in [6.07, 6.45) is 1.72. The third kappa shape index (κ3) is 5.23. The first-order valence-electron chi connectivity index (χ1n) is 13.1. The van der Waals surface area contributed by atoms with Crippen LogP contribution in [0.4, 0.5) is 0 Å². The quantitative estimate of drug-likeness (QED) is 0.246. The standard InChI is InChI=1S/C32H34N2O3/c1-4-36-31(35)32(18-19-32)28-16-14-26(15-17-28)25-10-12-27(13-11-25)30-29(23(3)34-37-30)21-33-20-22(2)24-8-6-5-7-9-24/h5-17,22,33H,4,18-21H2,1-3H3/t22-/m0/s1. The van der Waals surface area contributed by atoms with Crippen LogP contribution in [0.3, 0.4) is 0 Å². The number of carbonyl (C=O) groups excluding carboxylic acids is 1. The number of nitrogens with one attached hydrogen (secondary N) is 1.